The molecule has 4 nitrogen and oxygen atoms in total. The Bertz CT molecular complexity index is 269. The molecule has 84 valence electrons. The molecule has 0 bridgehead atoms. The highest BCUT2D eigenvalue weighted by Gasteiger charge is 2.12. The summed E-state index contributed by atoms with van der Waals surface area (Å²) in [5.41, 5.74) is 0. The average molecular weight is 212 g/mol. The SMILES string of the molecule is CC.Fc1cnc(N2CCNCC2)nc1. The summed E-state index contributed by atoms with van der Waals surface area (Å²) in [6, 6.07) is 0. The number of anilines is 1. The van der Waals surface area contributed by atoms with E-state index < -0.39 is 0 Å². The molecular weight excluding hydrogens is 195 g/mol. The van der Waals surface area contributed by atoms with Gasteiger partial charge >= 0.3 is 0 Å². The predicted molar refractivity (Wildman–Crippen MR) is 58.4 cm³/mol. The van der Waals surface area contributed by atoms with Crippen molar-refractivity contribution in [1.82, 2.24) is 15.3 Å². The third-order valence-electron chi connectivity index (χ3n) is 2.01. The summed E-state index contributed by atoms with van der Waals surface area (Å²) in [5, 5.41) is 3.22. The van der Waals surface area contributed by atoms with Crippen LogP contribution in [0.5, 0.6) is 0 Å². The van der Waals surface area contributed by atoms with Crippen LogP contribution in [0.4, 0.5) is 10.3 Å². The Labute approximate surface area is 89.5 Å². The summed E-state index contributed by atoms with van der Waals surface area (Å²) in [6.07, 6.45) is 2.40. The van der Waals surface area contributed by atoms with Crippen LogP contribution in [0.1, 0.15) is 13.8 Å². The molecule has 0 aromatic carbocycles. The van der Waals surface area contributed by atoms with Gasteiger partial charge in [0.05, 0.1) is 12.4 Å². The molecule has 1 saturated heterocycles. The molecule has 1 N–H and O–H groups in total. The highest BCUT2D eigenvalue weighted by molar-refractivity contribution is 5.29. The van der Waals surface area contributed by atoms with Gasteiger partial charge in [-0.3, -0.25) is 0 Å². The van der Waals surface area contributed by atoms with Gasteiger partial charge in [0.15, 0.2) is 5.82 Å². The molecule has 0 amide bonds. The van der Waals surface area contributed by atoms with Gasteiger partial charge in [0.2, 0.25) is 5.95 Å². The molecule has 2 heterocycles. The van der Waals surface area contributed by atoms with Crippen LogP contribution in [0.15, 0.2) is 12.4 Å². The van der Waals surface area contributed by atoms with Gasteiger partial charge in [0, 0.05) is 26.2 Å². The lowest BCUT2D eigenvalue weighted by atomic mass is 10.4. The van der Waals surface area contributed by atoms with Gasteiger partial charge in [-0.05, 0) is 0 Å². The maximum atomic E-state index is 12.5. The lowest BCUT2D eigenvalue weighted by Crippen LogP contribution is -2.44. The number of nitrogens with one attached hydrogen (secondary N) is 1. The number of nitrogens with zero attached hydrogens (tertiary/aromatic N) is 3. The molecule has 0 saturated carbocycles. The smallest absolute Gasteiger partial charge is 0.225 e. The van der Waals surface area contributed by atoms with Gasteiger partial charge in [-0.2, -0.15) is 0 Å². The summed E-state index contributed by atoms with van der Waals surface area (Å²) in [6.45, 7) is 7.62. The Morgan fingerprint density at radius 3 is 2.27 bits per heavy atom. The number of hydrogen-bond donors (Lipinski definition) is 1. The Balaban J connectivity index is 0.000000531. The van der Waals surface area contributed by atoms with Gasteiger partial charge in [0.25, 0.3) is 0 Å². The van der Waals surface area contributed by atoms with Crippen molar-refractivity contribution in [3.8, 4) is 0 Å². The zero-order valence-electron chi connectivity index (χ0n) is 9.20. The summed E-state index contributed by atoms with van der Waals surface area (Å²) >= 11 is 0. The van der Waals surface area contributed by atoms with E-state index in [4.69, 9.17) is 0 Å². The first-order valence-corrected chi connectivity index (χ1v) is 5.29. The van der Waals surface area contributed by atoms with E-state index in [1.54, 1.807) is 0 Å². The van der Waals surface area contributed by atoms with E-state index in [-0.39, 0.29) is 5.82 Å². The van der Waals surface area contributed by atoms with Gasteiger partial charge in [0.1, 0.15) is 0 Å². The second kappa shape index (κ2) is 6.29. The van der Waals surface area contributed by atoms with Gasteiger partial charge in [-0.15, -0.1) is 0 Å². The van der Waals surface area contributed by atoms with E-state index >= 15 is 0 Å². The molecule has 0 radical (unpaired) electrons. The van der Waals surface area contributed by atoms with Crippen LogP contribution >= 0.6 is 0 Å². The molecule has 0 atom stereocenters. The quantitative estimate of drug-likeness (QED) is 0.755. The van der Waals surface area contributed by atoms with Gasteiger partial charge < -0.3 is 10.2 Å². The maximum absolute atomic E-state index is 12.5. The monoisotopic (exact) mass is 212 g/mol. The molecule has 0 unspecified atom stereocenters. The fourth-order valence-corrected chi connectivity index (χ4v) is 1.33. The number of halogens is 1. The Morgan fingerprint density at radius 2 is 1.73 bits per heavy atom. The Kier molecular flexibility index (Phi) is 4.97. The fourth-order valence-electron chi connectivity index (χ4n) is 1.33. The first-order valence-electron chi connectivity index (χ1n) is 5.29. The van der Waals surface area contributed by atoms with E-state index in [0.29, 0.717) is 5.95 Å². The van der Waals surface area contributed by atoms with Crippen molar-refractivity contribution >= 4 is 5.95 Å². The van der Waals surface area contributed by atoms with Crippen LogP contribution in [0.2, 0.25) is 0 Å². The highest BCUT2D eigenvalue weighted by atomic mass is 19.1. The first-order chi connectivity index (χ1) is 7.36. The van der Waals surface area contributed by atoms with Crippen LogP contribution < -0.4 is 10.2 Å². The minimum atomic E-state index is -0.390. The van der Waals surface area contributed by atoms with E-state index in [9.17, 15) is 4.39 Å². The summed E-state index contributed by atoms with van der Waals surface area (Å²) < 4.78 is 12.5. The molecule has 2 rings (SSSR count). The highest BCUT2D eigenvalue weighted by Crippen LogP contribution is 2.06. The third-order valence-corrected chi connectivity index (χ3v) is 2.01. The number of aromatic nitrogens is 2. The molecule has 0 aliphatic carbocycles. The summed E-state index contributed by atoms with van der Waals surface area (Å²) in [5.74, 6) is 0.224. The number of hydrogen-bond acceptors (Lipinski definition) is 4. The van der Waals surface area contributed by atoms with Gasteiger partial charge in [-0.25, -0.2) is 14.4 Å². The van der Waals surface area contributed by atoms with E-state index in [1.165, 1.54) is 12.4 Å². The molecule has 1 aromatic rings. The van der Waals surface area contributed by atoms with Crippen molar-refractivity contribution in [3.63, 3.8) is 0 Å². The van der Waals surface area contributed by atoms with Crippen molar-refractivity contribution in [2.24, 2.45) is 0 Å². The average Bonchev–Trinajstić information content (AvgIpc) is 2.34. The summed E-state index contributed by atoms with van der Waals surface area (Å²) in [7, 11) is 0. The van der Waals surface area contributed by atoms with E-state index in [2.05, 4.69) is 15.3 Å². The molecule has 0 spiro atoms. The summed E-state index contributed by atoms with van der Waals surface area (Å²) in [4.78, 5) is 9.87. The second-order valence-electron chi connectivity index (χ2n) is 2.94. The molecule has 1 aliphatic heterocycles. The molecule has 1 aliphatic rings. The molecular formula is C10H17FN4. The lowest BCUT2D eigenvalue weighted by Gasteiger charge is -2.26. The van der Waals surface area contributed by atoms with Crippen molar-refractivity contribution in [2.75, 3.05) is 31.1 Å². The molecule has 1 fully saturated rings. The largest absolute Gasteiger partial charge is 0.338 e. The fraction of sp³-hybridized carbons (Fsp3) is 0.600. The second-order valence-corrected chi connectivity index (χ2v) is 2.94. The van der Waals surface area contributed by atoms with Crippen molar-refractivity contribution in [1.29, 1.82) is 0 Å². The minimum Gasteiger partial charge on any atom is -0.338 e. The maximum Gasteiger partial charge on any atom is 0.225 e. The lowest BCUT2D eigenvalue weighted by molar-refractivity contribution is 0.572. The van der Waals surface area contributed by atoms with Crippen LogP contribution in [0.25, 0.3) is 0 Å². The van der Waals surface area contributed by atoms with Crippen LogP contribution in [-0.4, -0.2) is 36.1 Å². The van der Waals surface area contributed by atoms with Crippen LogP contribution in [0, 0.1) is 5.82 Å². The van der Waals surface area contributed by atoms with Gasteiger partial charge in [-0.1, -0.05) is 13.8 Å². The zero-order chi connectivity index (χ0) is 11.1. The van der Waals surface area contributed by atoms with Crippen molar-refractivity contribution < 1.29 is 4.39 Å². The molecule has 15 heavy (non-hydrogen) atoms. The topological polar surface area (TPSA) is 41.1 Å². The molecule has 1 aromatic heterocycles. The van der Waals surface area contributed by atoms with E-state index in [0.717, 1.165) is 26.2 Å². The van der Waals surface area contributed by atoms with Crippen LogP contribution in [-0.2, 0) is 0 Å². The minimum absolute atomic E-state index is 0.390. The van der Waals surface area contributed by atoms with Crippen LogP contribution in [0.3, 0.4) is 0 Å². The zero-order valence-corrected chi connectivity index (χ0v) is 9.20. The third kappa shape index (κ3) is 3.43. The predicted octanol–water partition coefficient (Wildman–Crippen LogP) is 1.05. The van der Waals surface area contributed by atoms with Crippen molar-refractivity contribution in [3.05, 3.63) is 18.2 Å². The Hall–Kier alpha value is -1.23. The first kappa shape index (κ1) is 11.8. The Morgan fingerprint density at radius 1 is 1.20 bits per heavy atom. The van der Waals surface area contributed by atoms with Crippen molar-refractivity contribution in [2.45, 2.75) is 13.8 Å². The number of piperazine rings is 1. The standard InChI is InChI=1S/C8H11FN4.C2H6/c9-7-5-11-8(12-6-7)13-3-1-10-2-4-13;1-2/h5-6,10H,1-4H2;1-2H3. The normalized spacial score (nSPS) is 15.5. The number of rotatable bonds is 1. The molecule has 5 heteroatoms. The van der Waals surface area contributed by atoms with E-state index in [1.807, 2.05) is 18.7 Å².